The first-order valence-electron chi connectivity index (χ1n) is 9.01. The highest BCUT2D eigenvalue weighted by atomic mass is 32.2. The van der Waals surface area contributed by atoms with Crippen molar-refractivity contribution in [2.45, 2.75) is 22.8 Å². The third-order valence-corrected chi connectivity index (χ3v) is 5.54. The number of urea groups is 1. The number of nitrogens with zero attached hydrogens (tertiary/aromatic N) is 3. The molecule has 2 N–H and O–H groups in total. The Kier molecular flexibility index (Phi) is 5.18. The van der Waals surface area contributed by atoms with Gasteiger partial charge in [-0.2, -0.15) is 5.10 Å². The van der Waals surface area contributed by atoms with Crippen LogP contribution in [0.2, 0.25) is 0 Å². The summed E-state index contributed by atoms with van der Waals surface area (Å²) in [6.45, 7) is 1.97. The maximum Gasteiger partial charge on any atom is 0.322 e. The van der Waals surface area contributed by atoms with E-state index in [1.165, 1.54) is 11.8 Å². The lowest BCUT2D eigenvalue weighted by molar-refractivity contribution is -0.120. The maximum atomic E-state index is 12.0. The molecule has 1 unspecified atom stereocenters. The minimum absolute atomic E-state index is 0.368. The van der Waals surface area contributed by atoms with Gasteiger partial charge in [-0.15, -0.1) is 0 Å². The monoisotopic (exact) mass is 405 g/mol. The molecule has 0 radical (unpaired) electrons. The van der Waals surface area contributed by atoms with Crippen LogP contribution in [0.3, 0.4) is 0 Å². The van der Waals surface area contributed by atoms with Crippen LogP contribution in [0.1, 0.15) is 28.6 Å². The first-order chi connectivity index (χ1) is 14.0. The van der Waals surface area contributed by atoms with Gasteiger partial charge in [0.15, 0.2) is 6.04 Å². The third-order valence-electron chi connectivity index (χ3n) is 4.49. The minimum atomic E-state index is -0.733. The van der Waals surface area contributed by atoms with Crippen molar-refractivity contribution >= 4 is 35.9 Å². The van der Waals surface area contributed by atoms with Crippen LogP contribution in [0, 0.1) is 6.92 Å². The lowest BCUT2D eigenvalue weighted by atomic mass is 10.1. The Morgan fingerprint density at radius 2 is 1.86 bits per heavy atom. The third kappa shape index (κ3) is 4.22. The molecule has 1 aromatic carbocycles. The summed E-state index contributed by atoms with van der Waals surface area (Å²) in [6.07, 6.45) is 7.61. The second-order valence-electron chi connectivity index (χ2n) is 6.65. The summed E-state index contributed by atoms with van der Waals surface area (Å²) in [5.41, 5.74) is 3.83. The number of benzene rings is 1. The number of aromatic nitrogens is 3. The van der Waals surface area contributed by atoms with Gasteiger partial charge in [0, 0.05) is 23.8 Å². The second kappa shape index (κ2) is 7.92. The molecule has 4 rings (SSSR count). The van der Waals surface area contributed by atoms with Gasteiger partial charge in [0.25, 0.3) is 5.91 Å². The standard InChI is InChI=1S/C21H19N5O2S/c1-13-11-15(9-10-22-13)4-3-14-5-7-16(8-6-14)29-17-12-23-26(2)19(17)18-20(27)25-21(28)24-18/h3-12,18H,1-2H3,(H2,24,25,27,28)/b4-3+. The summed E-state index contributed by atoms with van der Waals surface area (Å²) < 4.78 is 1.62. The smallest absolute Gasteiger partial charge is 0.321 e. The van der Waals surface area contributed by atoms with Crippen molar-refractivity contribution in [3.63, 3.8) is 0 Å². The first-order valence-corrected chi connectivity index (χ1v) is 9.83. The number of rotatable bonds is 5. The van der Waals surface area contributed by atoms with Gasteiger partial charge in [-0.1, -0.05) is 36.0 Å². The molecule has 0 aliphatic carbocycles. The van der Waals surface area contributed by atoms with E-state index < -0.39 is 12.1 Å². The molecule has 7 nitrogen and oxygen atoms in total. The highest BCUT2D eigenvalue weighted by Crippen LogP contribution is 2.34. The normalized spacial score (nSPS) is 16.3. The van der Waals surface area contributed by atoms with Crippen molar-refractivity contribution < 1.29 is 9.59 Å². The number of aryl methyl sites for hydroxylation is 2. The molecular formula is C21H19N5O2S. The molecule has 1 atom stereocenters. The SMILES string of the molecule is Cc1cc(/C=C/c2ccc(Sc3cnn(C)c3C3NC(=O)NC3=O)cc2)ccn1. The van der Waals surface area contributed by atoms with E-state index in [1.54, 1.807) is 24.1 Å². The van der Waals surface area contributed by atoms with Crippen molar-refractivity contribution in [2.24, 2.45) is 7.05 Å². The van der Waals surface area contributed by atoms with Crippen LogP contribution >= 0.6 is 11.8 Å². The van der Waals surface area contributed by atoms with Crippen LogP contribution in [-0.4, -0.2) is 26.7 Å². The van der Waals surface area contributed by atoms with Gasteiger partial charge in [0.1, 0.15) is 0 Å². The topological polar surface area (TPSA) is 88.9 Å². The largest absolute Gasteiger partial charge is 0.322 e. The fraction of sp³-hybridized carbons (Fsp3) is 0.143. The summed E-state index contributed by atoms with van der Waals surface area (Å²) in [5.74, 6) is -0.368. The van der Waals surface area contributed by atoms with Crippen LogP contribution in [0.5, 0.6) is 0 Å². The van der Waals surface area contributed by atoms with Gasteiger partial charge >= 0.3 is 6.03 Å². The molecule has 1 aliphatic heterocycles. The van der Waals surface area contributed by atoms with E-state index in [0.29, 0.717) is 5.69 Å². The molecule has 1 saturated heterocycles. The van der Waals surface area contributed by atoms with E-state index in [0.717, 1.165) is 26.6 Å². The maximum absolute atomic E-state index is 12.0. The van der Waals surface area contributed by atoms with Crippen molar-refractivity contribution in [1.29, 1.82) is 0 Å². The average Bonchev–Trinajstić information content (AvgIpc) is 3.22. The zero-order chi connectivity index (χ0) is 20.4. The molecule has 3 aromatic rings. The van der Waals surface area contributed by atoms with Crippen molar-refractivity contribution in [3.8, 4) is 0 Å². The molecule has 3 amide bonds. The van der Waals surface area contributed by atoms with Gasteiger partial charge in [-0.3, -0.25) is 19.8 Å². The number of imide groups is 1. The fourth-order valence-corrected chi connectivity index (χ4v) is 4.06. The van der Waals surface area contributed by atoms with Gasteiger partial charge < -0.3 is 5.32 Å². The average molecular weight is 405 g/mol. The van der Waals surface area contributed by atoms with E-state index in [4.69, 9.17) is 0 Å². The Balaban J connectivity index is 1.50. The highest BCUT2D eigenvalue weighted by Gasteiger charge is 2.35. The Bertz CT molecular complexity index is 1100. The van der Waals surface area contributed by atoms with E-state index >= 15 is 0 Å². The predicted octanol–water partition coefficient (Wildman–Crippen LogP) is 3.33. The van der Waals surface area contributed by atoms with Crippen LogP contribution in [-0.2, 0) is 11.8 Å². The molecule has 146 valence electrons. The number of hydrogen-bond donors (Lipinski definition) is 2. The quantitative estimate of drug-likeness (QED) is 0.636. The Morgan fingerprint density at radius 1 is 1.10 bits per heavy atom. The second-order valence-corrected chi connectivity index (χ2v) is 7.76. The molecular weight excluding hydrogens is 386 g/mol. The summed E-state index contributed by atoms with van der Waals surface area (Å²) in [6, 6.07) is 10.9. The van der Waals surface area contributed by atoms with E-state index in [-0.39, 0.29) is 5.91 Å². The Hall–Kier alpha value is -3.39. The van der Waals surface area contributed by atoms with Crippen molar-refractivity contribution in [2.75, 3.05) is 0 Å². The first kappa shape index (κ1) is 18.9. The molecule has 1 aliphatic rings. The molecule has 8 heteroatoms. The molecule has 3 heterocycles. The molecule has 29 heavy (non-hydrogen) atoms. The Morgan fingerprint density at radius 3 is 2.55 bits per heavy atom. The number of nitrogens with one attached hydrogen (secondary N) is 2. The van der Waals surface area contributed by atoms with Crippen molar-refractivity contribution in [1.82, 2.24) is 25.4 Å². The fourth-order valence-electron chi connectivity index (χ4n) is 3.08. The lowest BCUT2D eigenvalue weighted by Gasteiger charge is -2.11. The number of pyridine rings is 1. The van der Waals surface area contributed by atoms with E-state index in [2.05, 4.69) is 32.9 Å². The van der Waals surface area contributed by atoms with Crippen LogP contribution in [0.25, 0.3) is 12.2 Å². The number of amides is 3. The number of carbonyl (C=O) groups excluding carboxylic acids is 2. The van der Waals surface area contributed by atoms with Gasteiger partial charge in [-0.25, -0.2) is 4.79 Å². The highest BCUT2D eigenvalue weighted by molar-refractivity contribution is 7.99. The van der Waals surface area contributed by atoms with Crippen molar-refractivity contribution in [3.05, 3.63) is 71.3 Å². The summed E-state index contributed by atoms with van der Waals surface area (Å²) in [4.78, 5) is 29.5. The van der Waals surface area contributed by atoms with Crippen LogP contribution < -0.4 is 10.6 Å². The van der Waals surface area contributed by atoms with E-state index in [9.17, 15) is 9.59 Å². The number of hydrogen-bond acceptors (Lipinski definition) is 5. The Labute approximate surface area is 172 Å². The van der Waals surface area contributed by atoms with Crippen LogP contribution in [0.15, 0.2) is 58.6 Å². The molecule has 2 aromatic heterocycles. The molecule has 0 saturated carbocycles. The summed E-state index contributed by atoms with van der Waals surface area (Å²) >= 11 is 1.50. The summed E-state index contributed by atoms with van der Waals surface area (Å²) in [5, 5.41) is 9.14. The van der Waals surface area contributed by atoms with Crippen LogP contribution in [0.4, 0.5) is 4.79 Å². The zero-order valence-corrected chi connectivity index (χ0v) is 16.7. The minimum Gasteiger partial charge on any atom is -0.321 e. The lowest BCUT2D eigenvalue weighted by Crippen LogP contribution is -2.23. The number of carbonyl (C=O) groups is 2. The van der Waals surface area contributed by atoms with Gasteiger partial charge in [0.2, 0.25) is 0 Å². The van der Waals surface area contributed by atoms with E-state index in [1.807, 2.05) is 43.3 Å². The molecule has 0 spiro atoms. The molecule has 1 fully saturated rings. The molecule has 0 bridgehead atoms. The predicted molar refractivity (Wildman–Crippen MR) is 111 cm³/mol. The van der Waals surface area contributed by atoms with Gasteiger partial charge in [-0.05, 0) is 42.3 Å². The summed E-state index contributed by atoms with van der Waals surface area (Å²) in [7, 11) is 1.76. The zero-order valence-electron chi connectivity index (χ0n) is 15.9. The van der Waals surface area contributed by atoms with Gasteiger partial charge in [0.05, 0.1) is 16.8 Å².